The first-order valence-electron chi connectivity index (χ1n) is 9.35. The Morgan fingerprint density at radius 3 is 2.61 bits per heavy atom. The first-order chi connectivity index (χ1) is 14.8. The van der Waals surface area contributed by atoms with E-state index in [2.05, 4.69) is 5.32 Å². The zero-order valence-corrected chi connectivity index (χ0v) is 17.9. The summed E-state index contributed by atoms with van der Waals surface area (Å²) in [5.41, 5.74) is 2.34. The number of hydrogen-bond donors (Lipinski definition) is 1. The number of amides is 1. The summed E-state index contributed by atoms with van der Waals surface area (Å²) in [6, 6.07) is 10.9. The summed E-state index contributed by atoms with van der Waals surface area (Å²) in [4.78, 5) is 35.9. The fraction of sp³-hybridized carbons (Fsp3) is 0.182. The van der Waals surface area contributed by atoms with Crippen molar-refractivity contribution in [2.75, 3.05) is 19.0 Å². The van der Waals surface area contributed by atoms with Crippen LogP contribution in [0.15, 0.2) is 47.8 Å². The monoisotopic (exact) mass is 440 g/mol. The third-order valence-corrected chi connectivity index (χ3v) is 5.36. The van der Waals surface area contributed by atoms with Gasteiger partial charge in [0.05, 0.1) is 18.6 Å². The molecule has 0 aliphatic rings. The van der Waals surface area contributed by atoms with E-state index in [9.17, 15) is 19.7 Å². The Bertz CT molecular complexity index is 1150. The quantitative estimate of drug-likeness (QED) is 0.312. The van der Waals surface area contributed by atoms with Crippen molar-refractivity contribution in [2.45, 2.75) is 13.8 Å². The highest BCUT2D eigenvalue weighted by Gasteiger charge is 2.25. The molecule has 1 N–H and O–H groups in total. The SMILES string of the molecule is CCOC(=O)c1c(-c2cc(C)ccc2OC)csc1NC(=O)c1cccc([N+](=O)[O-])c1. The van der Waals surface area contributed by atoms with E-state index in [1.165, 1.54) is 31.4 Å². The average Bonchev–Trinajstić information content (AvgIpc) is 3.17. The van der Waals surface area contributed by atoms with Crippen LogP contribution >= 0.6 is 11.3 Å². The smallest absolute Gasteiger partial charge is 0.341 e. The van der Waals surface area contributed by atoms with Crippen LogP contribution in [0.25, 0.3) is 11.1 Å². The maximum atomic E-state index is 12.8. The second-order valence-corrected chi connectivity index (χ2v) is 7.42. The molecule has 160 valence electrons. The van der Waals surface area contributed by atoms with E-state index in [-0.39, 0.29) is 28.4 Å². The van der Waals surface area contributed by atoms with E-state index in [0.717, 1.165) is 16.9 Å². The number of benzene rings is 2. The van der Waals surface area contributed by atoms with Crippen molar-refractivity contribution in [3.05, 3.63) is 74.6 Å². The van der Waals surface area contributed by atoms with Crippen LogP contribution in [0.3, 0.4) is 0 Å². The summed E-state index contributed by atoms with van der Waals surface area (Å²) in [7, 11) is 1.54. The Balaban J connectivity index is 2.05. The number of nitrogens with one attached hydrogen (secondary N) is 1. The molecular weight excluding hydrogens is 420 g/mol. The molecule has 0 atom stereocenters. The van der Waals surface area contributed by atoms with Crippen molar-refractivity contribution >= 4 is 33.9 Å². The molecule has 3 aromatic rings. The Kier molecular flexibility index (Phi) is 6.66. The van der Waals surface area contributed by atoms with Crippen LogP contribution in [0.1, 0.15) is 33.2 Å². The van der Waals surface area contributed by atoms with Gasteiger partial charge in [-0.3, -0.25) is 14.9 Å². The van der Waals surface area contributed by atoms with Crippen molar-refractivity contribution in [2.24, 2.45) is 0 Å². The third kappa shape index (κ3) is 4.72. The Morgan fingerprint density at radius 2 is 1.94 bits per heavy atom. The summed E-state index contributed by atoms with van der Waals surface area (Å²) < 4.78 is 10.7. The van der Waals surface area contributed by atoms with Crippen LogP contribution in [0.4, 0.5) is 10.7 Å². The zero-order valence-electron chi connectivity index (χ0n) is 17.1. The Morgan fingerprint density at radius 1 is 1.16 bits per heavy atom. The number of nitrogens with zero attached hydrogens (tertiary/aromatic N) is 1. The second kappa shape index (κ2) is 9.40. The molecule has 1 amide bonds. The van der Waals surface area contributed by atoms with Gasteiger partial charge in [0.25, 0.3) is 11.6 Å². The van der Waals surface area contributed by atoms with Crippen molar-refractivity contribution in [3.8, 4) is 16.9 Å². The maximum absolute atomic E-state index is 12.8. The highest BCUT2D eigenvalue weighted by molar-refractivity contribution is 7.15. The molecule has 0 radical (unpaired) electrons. The number of non-ortho nitro benzene ring substituents is 1. The number of methoxy groups -OCH3 is 1. The molecule has 9 heteroatoms. The van der Waals surface area contributed by atoms with Gasteiger partial charge in [-0.1, -0.05) is 17.7 Å². The highest BCUT2D eigenvalue weighted by atomic mass is 32.1. The van der Waals surface area contributed by atoms with Gasteiger partial charge in [0, 0.05) is 34.2 Å². The molecule has 0 aliphatic carbocycles. The van der Waals surface area contributed by atoms with Gasteiger partial charge in [-0.05, 0) is 32.0 Å². The minimum Gasteiger partial charge on any atom is -0.496 e. The maximum Gasteiger partial charge on any atom is 0.341 e. The van der Waals surface area contributed by atoms with Crippen LogP contribution in [0.5, 0.6) is 5.75 Å². The topological polar surface area (TPSA) is 108 Å². The molecular formula is C22H20N2O6S. The van der Waals surface area contributed by atoms with Crippen molar-refractivity contribution in [1.82, 2.24) is 0 Å². The molecule has 0 bridgehead atoms. The normalized spacial score (nSPS) is 10.4. The summed E-state index contributed by atoms with van der Waals surface area (Å²) in [5.74, 6) is -0.582. The Hall–Kier alpha value is -3.72. The molecule has 0 fully saturated rings. The minimum atomic E-state index is -0.586. The number of aryl methyl sites for hydroxylation is 1. The summed E-state index contributed by atoms with van der Waals surface area (Å²) >= 11 is 1.16. The number of nitro groups is 1. The first kappa shape index (κ1) is 22.0. The predicted octanol–water partition coefficient (Wildman–Crippen LogP) is 5.07. The summed E-state index contributed by atoms with van der Waals surface area (Å²) in [6.45, 7) is 3.78. The number of nitro benzene ring substituents is 1. The van der Waals surface area contributed by atoms with Gasteiger partial charge in [-0.25, -0.2) is 4.79 Å². The summed E-state index contributed by atoms with van der Waals surface area (Å²) in [6.07, 6.45) is 0. The lowest BCUT2D eigenvalue weighted by molar-refractivity contribution is -0.384. The van der Waals surface area contributed by atoms with Crippen LogP contribution in [-0.4, -0.2) is 30.5 Å². The molecule has 0 unspecified atom stereocenters. The first-order valence-corrected chi connectivity index (χ1v) is 10.2. The van der Waals surface area contributed by atoms with Gasteiger partial charge in [-0.2, -0.15) is 0 Å². The van der Waals surface area contributed by atoms with Crippen molar-refractivity contribution in [1.29, 1.82) is 0 Å². The van der Waals surface area contributed by atoms with Crippen molar-refractivity contribution < 1.29 is 24.0 Å². The van der Waals surface area contributed by atoms with Crippen LogP contribution in [0, 0.1) is 17.0 Å². The van der Waals surface area contributed by atoms with Crippen LogP contribution in [-0.2, 0) is 4.74 Å². The number of carbonyl (C=O) groups is 2. The van der Waals surface area contributed by atoms with Gasteiger partial charge in [0.2, 0.25) is 0 Å². The van der Waals surface area contributed by atoms with Gasteiger partial charge < -0.3 is 14.8 Å². The highest BCUT2D eigenvalue weighted by Crippen LogP contribution is 2.40. The number of thiophene rings is 1. The van der Waals surface area contributed by atoms with E-state index in [1.807, 2.05) is 19.1 Å². The lowest BCUT2D eigenvalue weighted by Gasteiger charge is -2.12. The van der Waals surface area contributed by atoms with E-state index in [1.54, 1.807) is 18.4 Å². The molecule has 8 nitrogen and oxygen atoms in total. The van der Waals surface area contributed by atoms with E-state index >= 15 is 0 Å². The number of esters is 1. The zero-order chi connectivity index (χ0) is 22.5. The lowest BCUT2D eigenvalue weighted by Crippen LogP contribution is -2.15. The van der Waals surface area contributed by atoms with Gasteiger partial charge in [0.1, 0.15) is 16.3 Å². The molecule has 0 spiro atoms. The fourth-order valence-electron chi connectivity index (χ4n) is 3.02. The predicted molar refractivity (Wildman–Crippen MR) is 118 cm³/mol. The van der Waals surface area contributed by atoms with Crippen molar-refractivity contribution in [3.63, 3.8) is 0 Å². The molecule has 3 rings (SSSR count). The van der Waals surface area contributed by atoms with Gasteiger partial charge in [-0.15, -0.1) is 11.3 Å². The van der Waals surface area contributed by atoms with Crippen LogP contribution < -0.4 is 10.1 Å². The largest absolute Gasteiger partial charge is 0.496 e. The molecule has 0 aliphatic heterocycles. The molecule has 2 aromatic carbocycles. The van der Waals surface area contributed by atoms with E-state index in [0.29, 0.717) is 16.9 Å². The number of carbonyl (C=O) groups excluding carboxylic acids is 2. The molecule has 1 aromatic heterocycles. The standard InChI is InChI=1S/C22H20N2O6S/c1-4-30-22(26)19-17(16-10-13(2)8-9-18(16)29-3)12-31-21(19)23-20(25)14-6-5-7-15(11-14)24(27)28/h5-12H,4H2,1-3H3,(H,23,25). The molecule has 0 saturated carbocycles. The number of ether oxygens (including phenoxy) is 2. The second-order valence-electron chi connectivity index (χ2n) is 6.54. The fourth-order valence-corrected chi connectivity index (χ4v) is 3.97. The van der Waals surface area contributed by atoms with Gasteiger partial charge in [0.15, 0.2) is 0 Å². The molecule has 1 heterocycles. The molecule has 31 heavy (non-hydrogen) atoms. The van der Waals surface area contributed by atoms with E-state index < -0.39 is 16.8 Å². The van der Waals surface area contributed by atoms with Gasteiger partial charge >= 0.3 is 5.97 Å². The lowest BCUT2D eigenvalue weighted by atomic mass is 10.0. The number of hydrogen-bond acceptors (Lipinski definition) is 7. The minimum absolute atomic E-state index is 0.104. The number of rotatable bonds is 7. The third-order valence-electron chi connectivity index (χ3n) is 4.46. The van der Waals surface area contributed by atoms with Crippen LogP contribution in [0.2, 0.25) is 0 Å². The molecule has 0 saturated heterocycles. The Labute approximate surface area is 182 Å². The number of anilines is 1. The van der Waals surface area contributed by atoms with E-state index in [4.69, 9.17) is 9.47 Å². The average molecular weight is 440 g/mol. The summed E-state index contributed by atoms with van der Waals surface area (Å²) in [5, 5.41) is 15.7.